The lowest BCUT2D eigenvalue weighted by molar-refractivity contribution is -0.137. The van der Waals surface area contributed by atoms with Gasteiger partial charge in [-0.2, -0.15) is 0 Å². The molecule has 0 aliphatic rings. The third-order valence-electron chi connectivity index (χ3n) is 3.92. The summed E-state index contributed by atoms with van der Waals surface area (Å²) in [5.74, 6) is -1.22. The van der Waals surface area contributed by atoms with Crippen LogP contribution in [0.2, 0.25) is 0 Å². The molecule has 3 rings (SSSR count). The van der Waals surface area contributed by atoms with E-state index in [0.29, 0.717) is 17.7 Å². The van der Waals surface area contributed by atoms with E-state index in [0.717, 1.165) is 11.1 Å². The Morgan fingerprint density at radius 2 is 1.30 bits per heavy atom. The summed E-state index contributed by atoms with van der Waals surface area (Å²) in [6, 6.07) is 28.2. The molecule has 0 radical (unpaired) electrons. The molecule has 0 fully saturated rings. The SMILES string of the molecule is CCOC(=O)C=Cc1ccccc1.O=C(O)/C(=C/c1ccccc1)c1ccccc1. The lowest BCUT2D eigenvalue weighted by Crippen LogP contribution is -1.99. The molecule has 0 amide bonds. The summed E-state index contributed by atoms with van der Waals surface area (Å²) in [5.41, 5.74) is 2.89. The van der Waals surface area contributed by atoms with Gasteiger partial charge in [-0.3, -0.25) is 0 Å². The number of hydrogen-bond donors (Lipinski definition) is 1. The molecule has 4 heteroatoms. The number of carboxylic acid groups (broad SMARTS) is 1. The van der Waals surface area contributed by atoms with Crippen LogP contribution in [0.15, 0.2) is 97.1 Å². The van der Waals surface area contributed by atoms with E-state index < -0.39 is 5.97 Å². The number of benzene rings is 3. The first-order valence-electron chi connectivity index (χ1n) is 9.55. The summed E-state index contributed by atoms with van der Waals surface area (Å²) in [4.78, 5) is 22.1. The predicted molar refractivity (Wildman–Crippen MR) is 120 cm³/mol. The van der Waals surface area contributed by atoms with E-state index in [1.165, 1.54) is 6.08 Å². The second-order valence-electron chi connectivity index (χ2n) is 6.14. The highest BCUT2D eigenvalue weighted by Gasteiger charge is 2.09. The van der Waals surface area contributed by atoms with Crippen LogP contribution in [-0.4, -0.2) is 23.7 Å². The Kier molecular flexibility index (Phi) is 9.34. The van der Waals surface area contributed by atoms with E-state index in [1.54, 1.807) is 31.2 Å². The van der Waals surface area contributed by atoms with Crippen molar-refractivity contribution in [2.45, 2.75) is 6.92 Å². The third kappa shape index (κ3) is 7.98. The molecule has 152 valence electrons. The standard InChI is InChI=1S/C15H12O2.C11H12O2/c16-15(17)14(13-9-5-2-6-10-13)11-12-7-3-1-4-8-12;1-2-13-11(12)9-8-10-6-4-3-5-7-10/h1-11H,(H,16,17);3-9H,2H2,1H3/b14-11+;. The van der Waals surface area contributed by atoms with Crippen LogP contribution in [0.3, 0.4) is 0 Å². The van der Waals surface area contributed by atoms with Gasteiger partial charge < -0.3 is 9.84 Å². The van der Waals surface area contributed by atoms with E-state index in [9.17, 15) is 14.7 Å². The van der Waals surface area contributed by atoms with Crippen LogP contribution in [-0.2, 0) is 14.3 Å². The molecule has 4 nitrogen and oxygen atoms in total. The van der Waals surface area contributed by atoms with Crippen LogP contribution in [0.1, 0.15) is 23.6 Å². The summed E-state index contributed by atoms with van der Waals surface area (Å²) in [7, 11) is 0. The zero-order valence-electron chi connectivity index (χ0n) is 16.8. The quantitative estimate of drug-likeness (QED) is 0.334. The van der Waals surface area contributed by atoms with Gasteiger partial charge in [0.05, 0.1) is 12.2 Å². The van der Waals surface area contributed by atoms with Gasteiger partial charge in [-0.1, -0.05) is 91.0 Å². The highest BCUT2D eigenvalue weighted by atomic mass is 16.5. The Morgan fingerprint density at radius 1 is 0.800 bits per heavy atom. The largest absolute Gasteiger partial charge is 0.478 e. The number of aliphatic carboxylic acids is 1. The van der Waals surface area contributed by atoms with Crippen molar-refractivity contribution in [3.63, 3.8) is 0 Å². The van der Waals surface area contributed by atoms with Crippen LogP contribution >= 0.6 is 0 Å². The minimum absolute atomic E-state index is 0.300. The first-order valence-corrected chi connectivity index (χ1v) is 9.55. The summed E-state index contributed by atoms with van der Waals surface area (Å²) in [6.45, 7) is 2.20. The summed E-state index contributed by atoms with van der Waals surface area (Å²) >= 11 is 0. The van der Waals surface area contributed by atoms with Gasteiger partial charge in [0, 0.05) is 6.08 Å². The monoisotopic (exact) mass is 400 g/mol. The van der Waals surface area contributed by atoms with E-state index in [4.69, 9.17) is 4.74 Å². The number of hydrogen-bond acceptors (Lipinski definition) is 3. The Bertz CT molecular complexity index is 975. The van der Waals surface area contributed by atoms with E-state index >= 15 is 0 Å². The molecular weight excluding hydrogens is 376 g/mol. The number of ether oxygens (including phenoxy) is 1. The van der Waals surface area contributed by atoms with Gasteiger partial charge >= 0.3 is 11.9 Å². The molecule has 0 saturated carbocycles. The van der Waals surface area contributed by atoms with E-state index in [2.05, 4.69) is 0 Å². The molecule has 30 heavy (non-hydrogen) atoms. The number of carbonyl (C=O) groups excluding carboxylic acids is 1. The van der Waals surface area contributed by atoms with Crippen LogP contribution in [0.25, 0.3) is 17.7 Å². The van der Waals surface area contributed by atoms with Gasteiger partial charge in [0.1, 0.15) is 0 Å². The zero-order chi connectivity index (χ0) is 21.6. The number of carbonyl (C=O) groups is 2. The molecule has 0 aromatic heterocycles. The zero-order valence-corrected chi connectivity index (χ0v) is 16.8. The Balaban J connectivity index is 0.000000222. The number of esters is 1. The normalized spacial score (nSPS) is 10.8. The maximum absolute atomic E-state index is 11.2. The minimum atomic E-state index is -0.917. The molecule has 0 aliphatic carbocycles. The third-order valence-corrected chi connectivity index (χ3v) is 3.92. The van der Waals surface area contributed by atoms with Crippen molar-refractivity contribution in [1.82, 2.24) is 0 Å². The van der Waals surface area contributed by atoms with Crippen LogP contribution < -0.4 is 0 Å². The molecule has 0 aliphatic heterocycles. The van der Waals surface area contributed by atoms with Crippen molar-refractivity contribution in [2.75, 3.05) is 6.61 Å². The van der Waals surface area contributed by atoms with Crippen molar-refractivity contribution >= 4 is 29.7 Å². The number of rotatable bonds is 6. The van der Waals surface area contributed by atoms with Gasteiger partial charge in [0.2, 0.25) is 0 Å². The molecule has 0 heterocycles. The molecule has 3 aromatic rings. The van der Waals surface area contributed by atoms with Gasteiger partial charge in [0.15, 0.2) is 0 Å². The van der Waals surface area contributed by atoms with Gasteiger partial charge in [-0.25, -0.2) is 9.59 Å². The van der Waals surface area contributed by atoms with E-state index in [1.807, 2.05) is 78.9 Å². The topological polar surface area (TPSA) is 63.6 Å². The van der Waals surface area contributed by atoms with Crippen LogP contribution in [0, 0.1) is 0 Å². The Morgan fingerprint density at radius 3 is 1.80 bits per heavy atom. The van der Waals surface area contributed by atoms with Gasteiger partial charge in [-0.05, 0) is 35.8 Å². The molecule has 1 N–H and O–H groups in total. The second kappa shape index (κ2) is 12.5. The van der Waals surface area contributed by atoms with E-state index in [-0.39, 0.29) is 5.97 Å². The molecule has 3 aromatic carbocycles. The minimum Gasteiger partial charge on any atom is -0.478 e. The van der Waals surface area contributed by atoms with Gasteiger partial charge in [-0.15, -0.1) is 0 Å². The smallest absolute Gasteiger partial charge is 0.336 e. The average Bonchev–Trinajstić information content (AvgIpc) is 2.78. The average molecular weight is 400 g/mol. The maximum atomic E-state index is 11.2. The molecule has 0 atom stereocenters. The first-order chi connectivity index (χ1) is 14.6. The fraction of sp³-hybridized carbons (Fsp3) is 0.0769. The molecule has 0 spiro atoms. The Labute approximate surface area is 176 Å². The predicted octanol–water partition coefficient (Wildman–Crippen LogP) is 5.57. The molecular formula is C26H24O4. The van der Waals surface area contributed by atoms with Crippen molar-refractivity contribution in [3.8, 4) is 0 Å². The molecule has 0 bridgehead atoms. The first kappa shape index (κ1) is 22.4. The highest BCUT2D eigenvalue weighted by molar-refractivity contribution is 6.20. The van der Waals surface area contributed by atoms with Crippen molar-refractivity contribution in [1.29, 1.82) is 0 Å². The van der Waals surface area contributed by atoms with Crippen LogP contribution in [0.4, 0.5) is 0 Å². The lowest BCUT2D eigenvalue weighted by Gasteiger charge is -2.02. The van der Waals surface area contributed by atoms with Crippen molar-refractivity contribution in [3.05, 3.63) is 114 Å². The maximum Gasteiger partial charge on any atom is 0.336 e. The fourth-order valence-corrected chi connectivity index (χ4v) is 2.52. The Hall–Kier alpha value is -3.92. The van der Waals surface area contributed by atoms with Gasteiger partial charge in [0.25, 0.3) is 0 Å². The van der Waals surface area contributed by atoms with Crippen molar-refractivity contribution < 1.29 is 19.4 Å². The summed E-state index contributed by atoms with van der Waals surface area (Å²) in [6.07, 6.45) is 4.84. The molecule has 0 saturated heterocycles. The second-order valence-corrected chi connectivity index (χ2v) is 6.14. The summed E-state index contributed by atoms with van der Waals surface area (Å²) < 4.78 is 4.74. The van der Waals surface area contributed by atoms with Crippen molar-refractivity contribution in [2.24, 2.45) is 0 Å². The summed E-state index contributed by atoms with van der Waals surface area (Å²) in [5, 5.41) is 9.22. The number of carboxylic acids is 1. The molecule has 0 unspecified atom stereocenters. The lowest BCUT2D eigenvalue weighted by atomic mass is 10.0. The fourth-order valence-electron chi connectivity index (χ4n) is 2.52. The van der Waals surface area contributed by atoms with Crippen LogP contribution in [0.5, 0.6) is 0 Å². The highest BCUT2D eigenvalue weighted by Crippen LogP contribution is 2.18.